The van der Waals surface area contributed by atoms with Gasteiger partial charge >= 0.3 is 0 Å². The molecule has 1 unspecified atom stereocenters. The SMILES string of the molecule is CC1Oc2ccc(CN3CCNCC3)cc2NC1=O. The number of benzene rings is 1. The second-order valence-electron chi connectivity index (χ2n) is 5.11. The van der Waals surface area contributed by atoms with Gasteiger partial charge in [-0.05, 0) is 24.6 Å². The van der Waals surface area contributed by atoms with Crippen LogP contribution in [0.3, 0.4) is 0 Å². The first-order valence-electron chi connectivity index (χ1n) is 6.76. The van der Waals surface area contributed by atoms with Crippen molar-refractivity contribution in [3.63, 3.8) is 0 Å². The monoisotopic (exact) mass is 261 g/mol. The van der Waals surface area contributed by atoms with Gasteiger partial charge in [-0.15, -0.1) is 0 Å². The first-order chi connectivity index (χ1) is 9.22. The summed E-state index contributed by atoms with van der Waals surface area (Å²) in [6, 6.07) is 6.04. The molecule has 0 spiro atoms. The number of fused-ring (bicyclic) bond motifs is 1. The Labute approximate surface area is 112 Å². The van der Waals surface area contributed by atoms with Gasteiger partial charge in [0.1, 0.15) is 5.75 Å². The van der Waals surface area contributed by atoms with E-state index in [-0.39, 0.29) is 5.91 Å². The van der Waals surface area contributed by atoms with Crippen LogP contribution in [0.25, 0.3) is 0 Å². The highest BCUT2D eigenvalue weighted by atomic mass is 16.5. The maximum atomic E-state index is 11.6. The van der Waals surface area contributed by atoms with Crippen LogP contribution in [-0.2, 0) is 11.3 Å². The molecule has 1 amide bonds. The number of nitrogens with zero attached hydrogens (tertiary/aromatic N) is 1. The van der Waals surface area contributed by atoms with E-state index in [2.05, 4.69) is 21.6 Å². The van der Waals surface area contributed by atoms with Crippen molar-refractivity contribution in [3.05, 3.63) is 23.8 Å². The summed E-state index contributed by atoms with van der Waals surface area (Å²) in [4.78, 5) is 14.0. The molecule has 5 nitrogen and oxygen atoms in total. The lowest BCUT2D eigenvalue weighted by Crippen LogP contribution is -2.42. The number of piperazine rings is 1. The average molecular weight is 261 g/mol. The minimum Gasteiger partial charge on any atom is -0.479 e. The van der Waals surface area contributed by atoms with Gasteiger partial charge in [-0.1, -0.05) is 6.07 Å². The number of hydrogen-bond donors (Lipinski definition) is 2. The van der Waals surface area contributed by atoms with Crippen molar-refractivity contribution >= 4 is 11.6 Å². The van der Waals surface area contributed by atoms with Crippen LogP contribution >= 0.6 is 0 Å². The van der Waals surface area contributed by atoms with Gasteiger partial charge < -0.3 is 15.4 Å². The number of ether oxygens (including phenoxy) is 1. The van der Waals surface area contributed by atoms with E-state index in [1.165, 1.54) is 5.56 Å². The van der Waals surface area contributed by atoms with Crippen molar-refractivity contribution < 1.29 is 9.53 Å². The summed E-state index contributed by atoms with van der Waals surface area (Å²) in [6.45, 7) is 6.89. The molecule has 19 heavy (non-hydrogen) atoms. The fourth-order valence-electron chi connectivity index (χ4n) is 2.48. The molecule has 0 bridgehead atoms. The van der Waals surface area contributed by atoms with Crippen molar-refractivity contribution in [1.29, 1.82) is 0 Å². The van der Waals surface area contributed by atoms with Gasteiger partial charge in [0.15, 0.2) is 6.10 Å². The second kappa shape index (κ2) is 5.19. The molecule has 5 heteroatoms. The third-order valence-electron chi connectivity index (χ3n) is 3.59. The Bertz CT molecular complexity index is 484. The highest BCUT2D eigenvalue weighted by molar-refractivity contribution is 5.97. The Kier molecular flexibility index (Phi) is 3.40. The smallest absolute Gasteiger partial charge is 0.265 e. The normalized spacial score (nSPS) is 23.4. The summed E-state index contributed by atoms with van der Waals surface area (Å²) < 4.78 is 5.55. The highest BCUT2D eigenvalue weighted by Crippen LogP contribution is 2.30. The Hall–Kier alpha value is -1.59. The summed E-state index contributed by atoms with van der Waals surface area (Å²) in [5.74, 6) is 0.683. The summed E-state index contributed by atoms with van der Waals surface area (Å²) >= 11 is 0. The molecule has 2 aliphatic rings. The molecular weight excluding hydrogens is 242 g/mol. The third-order valence-corrected chi connectivity index (χ3v) is 3.59. The maximum absolute atomic E-state index is 11.6. The summed E-state index contributed by atoms with van der Waals surface area (Å²) in [7, 11) is 0. The highest BCUT2D eigenvalue weighted by Gasteiger charge is 2.23. The number of anilines is 1. The first kappa shape index (κ1) is 12.4. The number of carbonyl (C=O) groups excluding carboxylic acids is 1. The van der Waals surface area contributed by atoms with Crippen LogP contribution in [0.1, 0.15) is 12.5 Å². The van der Waals surface area contributed by atoms with E-state index in [1.54, 1.807) is 6.92 Å². The van der Waals surface area contributed by atoms with Crippen LogP contribution in [0.4, 0.5) is 5.69 Å². The van der Waals surface area contributed by atoms with E-state index < -0.39 is 6.10 Å². The van der Waals surface area contributed by atoms with Crippen LogP contribution < -0.4 is 15.4 Å². The quantitative estimate of drug-likeness (QED) is 0.827. The molecule has 1 fully saturated rings. The van der Waals surface area contributed by atoms with E-state index in [0.29, 0.717) is 0 Å². The largest absolute Gasteiger partial charge is 0.479 e. The summed E-state index contributed by atoms with van der Waals surface area (Å²) in [6.07, 6.45) is -0.411. The topological polar surface area (TPSA) is 53.6 Å². The molecular formula is C14H19N3O2. The number of carbonyl (C=O) groups is 1. The standard InChI is InChI=1S/C14H19N3O2/c1-10-14(18)16-12-8-11(2-3-13(12)19-10)9-17-6-4-15-5-7-17/h2-3,8,10,15H,4-7,9H2,1H3,(H,16,18). The van der Waals surface area contributed by atoms with Gasteiger partial charge in [-0.3, -0.25) is 9.69 Å². The number of rotatable bonds is 2. The molecule has 1 aromatic rings. The number of amides is 1. The van der Waals surface area contributed by atoms with E-state index in [9.17, 15) is 4.79 Å². The van der Waals surface area contributed by atoms with Crippen LogP contribution in [0, 0.1) is 0 Å². The van der Waals surface area contributed by atoms with Gasteiger partial charge in [-0.2, -0.15) is 0 Å². The van der Waals surface area contributed by atoms with Crippen molar-refractivity contribution in [3.8, 4) is 5.75 Å². The Morgan fingerprint density at radius 2 is 2.16 bits per heavy atom. The summed E-state index contributed by atoms with van der Waals surface area (Å²) in [5.41, 5.74) is 2.00. The van der Waals surface area contributed by atoms with E-state index in [4.69, 9.17) is 4.74 Å². The fourth-order valence-corrected chi connectivity index (χ4v) is 2.48. The van der Waals surface area contributed by atoms with Gasteiger partial charge in [0.25, 0.3) is 5.91 Å². The zero-order valence-electron chi connectivity index (χ0n) is 11.1. The molecule has 2 heterocycles. The van der Waals surface area contributed by atoms with Crippen molar-refractivity contribution in [2.75, 3.05) is 31.5 Å². The predicted octanol–water partition coefficient (Wildman–Crippen LogP) is 0.811. The molecule has 0 aliphatic carbocycles. The van der Waals surface area contributed by atoms with Gasteiger partial charge in [0.2, 0.25) is 0 Å². The van der Waals surface area contributed by atoms with Crippen molar-refractivity contribution in [2.45, 2.75) is 19.6 Å². The third kappa shape index (κ3) is 2.72. The number of nitrogens with one attached hydrogen (secondary N) is 2. The number of hydrogen-bond acceptors (Lipinski definition) is 4. The predicted molar refractivity (Wildman–Crippen MR) is 73.3 cm³/mol. The zero-order valence-corrected chi connectivity index (χ0v) is 11.1. The average Bonchev–Trinajstić information content (AvgIpc) is 2.42. The van der Waals surface area contributed by atoms with E-state index >= 15 is 0 Å². The van der Waals surface area contributed by atoms with E-state index in [0.717, 1.165) is 44.2 Å². The Morgan fingerprint density at radius 1 is 1.37 bits per heavy atom. The molecule has 1 atom stereocenters. The van der Waals surface area contributed by atoms with Crippen LogP contribution in [-0.4, -0.2) is 43.1 Å². The molecule has 0 saturated carbocycles. The first-order valence-corrected chi connectivity index (χ1v) is 6.76. The molecule has 0 aromatic heterocycles. The minimum atomic E-state index is -0.411. The van der Waals surface area contributed by atoms with Crippen LogP contribution in [0.5, 0.6) is 5.75 Å². The van der Waals surface area contributed by atoms with Crippen molar-refractivity contribution in [1.82, 2.24) is 10.2 Å². The fraction of sp³-hybridized carbons (Fsp3) is 0.500. The summed E-state index contributed by atoms with van der Waals surface area (Å²) in [5, 5.41) is 6.23. The van der Waals surface area contributed by atoms with Gasteiger partial charge in [0, 0.05) is 32.7 Å². The molecule has 1 aromatic carbocycles. The zero-order chi connectivity index (χ0) is 13.2. The van der Waals surface area contributed by atoms with Gasteiger partial charge in [0.05, 0.1) is 5.69 Å². The Morgan fingerprint density at radius 3 is 2.95 bits per heavy atom. The van der Waals surface area contributed by atoms with Crippen LogP contribution in [0.2, 0.25) is 0 Å². The van der Waals surface area contributed by atoms with Crippen molar-refractivity contribution in [2.24, 2.45) is 0 Å². The lowest BCUT2D eigenvalue weighted by Gasteiger charge is -2.28. The van der Waals surface area contributed by atoms with Gasteiger partial charge in [-0.25, -0.2) is 0 Å². The Balaban J connectivity index is 1.74. The lowest BCUT2D eigenvalue weighted by molar-refractivity contribution is -0.122. The molecule has 2 N–H and O–H groups in total. The molecule has 0 radical (unpaired) electrons. The molecule has 1 saturated heterocycles. The minimum absolute atomic E-state index is 0.0770. The second-order valence-corrected chi connectivity index (χ2v) is 5.11. The van der Waals surface area contributed by atoms with E-state index in [1.807, 2.05) is 12.1 Å². The molecule has 102 valence electrons. The lowest BCUT2D eigenvalue weighted by atomic mass is 10.1. The maximum Gasteiger partial charge on any atom is 0.265 e. The van der Waals surface area contributed by atoms with Crippen LogP contribution in [0.15, 0.2) is 18.2 Å². The molecule has 3 rings (SSSR count). The molecule has 2 aliphatic heterocycles.